The van der Waals surface area contributed by atoms with Crippen LogP contribution in [0.1, 0.15) is 27.2 Å². The molecule has 10 nitrogen and oxygen atoms in total. The van der Waals surface area contributed by atoms with E-state index in [0.717, 1.165) is 22.3 Å². The van der Waals surface area contributed by atoms with E-state index in [0.29, 0.717) is 29.7 Å². The lowest BCUT2D eigenvalue weighted by molar-refractivity contribution is -0.193. The molecule has 0 radical (unpaired) electrons. The van der Waals surface area contributed by atoms with Gasteiger partial charge in [-0.2, -0.15) is 26.3 Å². The number of nitrogen functional groups attached to an aromatic ring is 1. The molecule has 0 aliphatic heterocycles. The van der Waals surface area contributed by atoms with E-state index in [-0.39, 0.29) is 17.6 Å². The van der Waals surface area contributed by atoms with Gasteiger partial charge in [0.25, 0.3) is 5.91 Å². The number of hydrogen-bond donors (Lipinski definition) is 5. The highest BCUT2D eigenvalue weighted by molar-refractivity contribution is 5.99. The van der Waals surface area contributed by atoms with E-state index in [9.17, 15) is 35.5 Å². The second kappa shape index (κ2) is 15.6. The second-order valence-corrected chi connectivity index (χ2v) is 9.78. The van der Waals surface area contributed by atoms with Crippen molar-refractivity contribution in [2.75, 3.05) is 19.0 Å². The van der Waals surface area contributed by atoms with Gasteiger partial charge in [-0.05, 0) is 53.6 Å². The minimum absolute atomic E-state index is 0.0189. The van der Waals surface area contributed by atoms with Gasteiger partial charge in [-0.15, -0.1) is 0 Å². The monoisotopic (exact) mass is 671 g/mol. The summed E-state index contributed by atoms with van der Waals surface area (Å²) in [6, 6.07) is 21.5. The van der Waals surface area contributed by atoms with Crippen LogP contribution in [0.15, 0.2) is 72.8 Å². The van der Waals surface area contributed by atoms with Crippen molar-refractivity contribution in [3.8, 4) is 0 Å². The summed E-state index contributed by atoms with van der Waals surface area (Å²) in [7, 11) is 3.95. The molecular formula is C30H28F7N5O5. The van der Waals surface area contributed by atoms with Crippen LogP contribution in [-0.4, -0.2) is 64.9 Å². The van der Waals surface area contributed by atoms with Gasteiger partial charge in [0.15, 0.2) is 0 Å². The molecule has 0 saturated carbocycles. The zero-order valence-corrected chi connectivity index (χ0v) is 24.6. The lowest BCUT2D eigenvalue weighted by Gasteiger charge is -2.14. The molecule has 0 aliphatic carbocycles. The number of carbonyl (C=O) groups is 3. The van der Waals surface area contributed by atoms with E-state index in [1.165, 1.54) is 12.1 Å². The first kappa shape index (κ1) is 37.6. The highest BCUT2D eigenvalue weighted by Crippen LogP contribution is 2.23. The molecule has 1 heterocycles. The maximum Gasteiger partial charge on any atom is 0.490 e. The quantitative estimate of drug-likeness (QED) is 0.100. The number of fused-ring (bicyclic) bond motifs is 1. The summed E-state index contributed by atoms with van der Waals surface area (Å²) in [5.74, 6) is -6.13. The standard InChI is InChI=1S/C26H26FN5O.2C2HF3O2/c1-31(2)22-9-6-17(7-10-22)15-30-26(33)24-14-20-13-21(27)8-11-23(20)32(24)16-18-4-3-5-19(12-18)25(28)29;2*3-2(4,5)1(6)7/h3-14H,15-16H2,1-2H3,(H3,28,29)(H,30,33);2*(H,6,7). The van der Waals surface area contributed by atoms with Gasteiger partial charge in [-0.25, -0.2) is 14.0 Å². The highest BCUT2D eigenvalue weighted by Gasteiger charge is 2.38. The number of nitrogens with zero attached hydrogens (tertiary/aromatic N) is 2. The third kappa shape index (κ3) is 11.4. The maximum atomic E-state index is 13.9. The van der Waals surface area contributed by atoms with E-state index in [4.69, 9.17) is 30.9 Å². The molecule has 4 aromatic rings. The summed E-state index contributed by atoms with van der Waals surface area (Å²) in [5, 5.41) is 25.6. The smallest absolute Gasteiger partial charge is 0.475 e. The Labute approximate surface area is 262 Å². The second-order valence-electron chi connectivity index (χ2n) is 9.78. The van der Waals surface area contributed by atoms with Crippen LogP contribution in [0.3, 0.4) is 0 Å². The molecule has 0 saturated heterocycles. The topological polar surface area (TPSA) is 162 Å². The number of carboxylic acids is 2. The number of carbonyl (C=O) groups excluding carboxylic acids is 1. The number of alkyl halides is 6. The van der Waals surface area contributed by atoms with Gasteiger partial charge in [0.2, 0.25) is 0 Å². The molecule has 0 bridgehead atoms. The fourth-order valence-electron chi connectivity index (χ4n) is 3.80. The zero-order valence-electron chi connectivity index (χ0n) is 24.6. The number of amidine groups is 1. The Morgan fingerprint density at radius 1 is 0.851 bits per heavy atom. The van der Waals surface area contributed by atoms with E-state index >= 15 is 0 Å². The Balaban J connectivity index is 0.000000459. The number of nitrogens with one attached hydrogen (secondary N) is 2. The van der Waals surface area contributed by atoms with Gasteiger partial charge in [-0.1, -0.05) is 30.3 Å². The molecule has 0 aliphatic rings. The number of anilines is 1. The lowest BCUT2D eigenvalue weighted by atomic mass is 10.1. The number of carboxylic acid groups (broad SMARTS) is 2. The van der Waals surface area contributed by atoms with Gasteiger partial charge < -0.3 is 30.7 Å². The number of nitrogens with two attached hydrogens (primary N) is 1. The summed E-state index contributed by atoms with van der Waals surface area (Å²) in [6.45, 7) is 0.763. The van der Waals surface area contributed by atoms with Crippen molar-refractivity contribution in [1.29, 1.82) is 5.41 Å². The number of halogens is 7. The molecule has 0 spiro atoms. The summed E-state index contributed by atoms with van der Waals surface area (Å²) in [6.07, 6.45) is -10.2. The van der Waals surface area contributed by atoms with Crippen LogP contribution in [0.2, 0.25) is 0 Å². The summed E-state index contributed by atoms with van der Waals surface area (Å²) in [4.78, 5) is 33.0. The minimum Gasteiger partial charge on any atom is -0.475 e. The Morgan fingerprint density at radius 2 is 1.40 bits per heavy atom. The molecule has 6 N–H and O–H groups in total. The first-order valence-electron chi connectivity index (χ1n) is 13.1. The Kier molecular flexibility index (Phi) is 12.5. The molecular weight excluding hydrogens is 643 g/mol. The molecule has 3 aromatic carbocycles. The molecule has 4 rings (SSSR count). The first-order chi connectivity index (χ1) is 21.7. The lowest BCUT2D eigenvalue weighted by Crippen LogP contribution is -2.25. The SMILES string of the molecule is CN(C)c1ccc(CNC(=O)c2cc3cc(F)ccc3n2Cc2cccc(C(=N)N)c2)cc1.O=C(O)C(F)(F)F.O=C(O)C(F)(F)F. The van der Waals surface area contributed by atoms with Crippen LogP contribution in [-0.2, 0) is 22.7 Å². The number of rotatable bonds is 7. The van der Waals surface area contributed by atoms with Gasteiger partial charge in [0.1, 0.15) is 17.3 Å². The molecule has 17 heteroatoms. The van der Waals surface area contributed by atoms with Crippen molar-refractivity contribution < 1.29 is 55.3 Å². The molecule has 252 valence electrons. The van der Waals surface area contributed by atoms with Crippen molar-refractivity contribution in [3.63, 3.8) is 0 Å². The fourth-order valence-corrected chi connectivity index (χ4v) is 3.80. The van der Waals surface area contributed by atoms with Crippen molar-refractivity contribution in [3.05, 3.63) is 101 Å². The van der Waals surface area contributed by atoms with Gasteiger partial charge in [0, 0.05) is 49.3 Å². The van der Waals surface area contributed by atoms with Crippen LogP contribution in [0.5, 0.6) is 0 Å². The molecule has 1 amide bonds. The van der Waals surface area contributed by atoms with E-state index in [1.54, 1.807) is 18.2 Å². The van der Waals surface area contributed by atoms with Crippen molar-refractivity contribution in [1.82, 2.24) is 9.88 Å². The van der Waals surface area contributed by atoms with Gasteiger partial charge in [-0.3, -0.25) is 10.2 Å². The third-order valence-electron chi connectivity index (χ3n) is 6.07. The predicted octanol–water partition coefficient (Wildman–Crippen LogP) is 5.38. The number of amides is 1. The van der Waals surface area contributed by atoms with E-state index in [2.05, 4.69) is 5.32 Å². The predicted molar refractivity (Wildman–Crippen MR) is 158 cm³/mol. The zero-order chi connectivity index (χ0) is 35.7. The Hall–Kier alpha value is -5.61. The Bertz CT molecular complexity index is 1710. The largest absolute Gasteiger partial charge is 0.490 e. The average Bonchev–Trinajstić information content (AvgIpc) is 3.33. The number of aliphatic carboxylic acids is 2. The molecule has 0 unspecified atom stereocenters. The minimum atomic E-state index is -5.08. The van der Waals surface area contributed by atoms with Crippen LogP contribution in [0.25, 0.3) is 10.9 Å². The van der Waals surface area contributed by atoms with Crippen LogP contribution < -0.4 is 16.0 Å². The average molecular weight is 672 g/mol. The number of aromatic nitrogens is 1. The molecule has 1 aromatic heterocycles. The Morgan fingerprint density at radius 3 is 1.89 bits per heavy atom. The number of benzene rings is 3. The normalized spacial score (nSPS) is 11.0. The summed E-state index contributed by atoms with van der Waals surface area (Å²) < 4.78 is 79.2. The highest BCUT2D eigenvalue weighted by atomic mass is 19.4. The third-order valence-corrected chi connectivity index (χ3v) is 6.07. The van der Waals surface area contributed by atoms with Gasteiger partial charge >= 0.3 is 24.3 Å². The van der Waals surface area contributed by atoms with Crippen LogP contribution in [0, 0.1) is 11.2 Å². The van der Waals surface area contributed by atoms with Crippen molar-refractivity contribution in [2.24, 2.45) is 5.73 Å². The summed E-state index contributed by atoms with van der Waals surface area (Å²) >= 11 is 0. The van der Waals surface area contributed by atoms with Crippen LogP contribution in [0.4, 0.5) is 36.4 Å². The van der Waals surface area contributed by atoms with Gasteiger partial charge in [0.05, 0.1) is 0 Å². The van der Waals surface area contributed by atoms with Crippen molar-refractivity contribution >= 4 is 40.3 Å². The fraction of sp³-hybridized carbons (Fsp3) is 0.200. The molecule has 0 atom stereocenters. The summed E-state index contributed by atoms with van der Waals surface area (Å²) in [5.41, 5.74) is 10.4. The maximum absolute atomic E-state index is 13.9. The number of hydrogen-bond acceptors (Lipinski definition) is 5. The van der Waals surface area contributed by atoms with E-state index in [1.807, 2.05) is 66.0 Å². The molecule has 0 fully saturated rings. The first-order valence-corrected chi connectivity index (χ1v) is 13.1. The van der Waals surface area contributed by atoms with E-state index < -0.39 is 24.3 Å². The van der Waals surface area contributed by atoms with Crippen LogP contribution >= 0.6 is 0 Å². The van der Waals surface area contributed by atoms with Crippen molar-refractivity contribution in [2.45, 2.75) is 25.4 Å². The molecule has 47 heavy (non-hydrogen) atoms.